The largest absolute Gasteiger partial charge is 0.497 e. The number of methoxy groups -OCH3 is 1. The van der Waals surface area contributed by atoms with Crippen molar-refractivity contribution in [3.8, 4) is 11.4 Å². The summed E-state index contributed by atoms with van der Waals surface area (Å²) in [6, 6.07) is 17.7. The number of amides is 1. The summed E-state index contributed by atoms with van der Waals surface area (Å²) in [5, 5.41) is 8.65. The van der Waals surface area contributed by atoms with E-state index in [0.29, 0.717) is 43.8 Å². The molecule has 5 rings (SSSR count). The van der Waals surface area contributed by atoms with E-state index < -0.39 is 0 Å². The number of aryl methyl sites for hydroxylation is 1. The predicted octanol–water partition coefficient (Wildman–Crippen LogP) is 2.50. The van der Waals surface area contributed by atoms with Gasteiger partial charge in [0.05, 0.1) is 12.8 Å². The van der Waals surface area contributed by atoms with E-state index in [9.17, 15) is 4.79 Å². The van der Waals surface area contributed by atoms with Crippen molar-refractivity contribution in [2.45, 2.75) is 12.8 Å². The molecule has 0 aliphatic carbocycles. The maximum Gasteiger partial charge on any atom is 0.223 e. The standard InChI is InChI=1S/C24H25N7O2/c1-33-20-10-7-18(8-11-20)9-12-21(32)29-13-15-30(16-14-29)23-22-24(26-17-25-23)31(28-27-22)19-5-3-2-4-6-19/h2-8,10-11,17H,9,12-16H2,1H3. The number of hydrogen-bond acceptors (Lipinski definition) is 7. The van der Waals surface area contributed by atoms with Crippen molar-refractivity contribution in [1.82, 2.24) is 29.9 Å². The van der Waals surface area contributed by atoms with Crippen LogP contribution in [0, 0.1) is 0 Å². The van der Waals surface area contributed by atoms with Crippen LogP contribution < -0.4 is 9.64 Å². The van der Waals surface area contributed by atoms with Crippen molar-refractivity contribution < 1.29 is 9.53 Å². The predicted molar refractivity (Wildman–Crippen MR) is 125 cm³/mol. The second-order valence-electron chi connectivity index (χ2n) is 7.92. The highest BCUT2D eigenvalue weighted by Crippen LogP contribution is 2.23. The Hall–Kier alpha value is -4.01. The summed E-state index contributed by atoms with van der Waals surface area (Å²) >= 11 is 0. The van der Waals surface area contributed by atoms with Crippen LogP contribution in [0.15, 0.2) is 60.9 Å². The smallest absolute Gasteiger partial charge is 0.223 e. The normalized spacial score (nSPS) is 14.0. The number of nitrogens with zero attached hydrogens (tertiary/aromatic N) is 7. The van der Waals surface area contributed by atoms with Gasteiger partial charge in [0.25, 0.3) is 0 Å². The summed E-state index contributed by atoms with van der Waals surface area (Å²) < 4.78 is 6.91. The van der Waals surface area contributed by atoms with Crippen LogP contribution >= 0.6 is 0 Å². The Bertz CT molecular complexity index is 1230. The molecule has 1 aliphatic rings. The fourth-order valence-electron chi connectivity index (χ4n) is 4.08. The van der Waals surface area contributed by atoms with Gasteiger partial charge in [-0.25, -0.2) is 9.97 Å². The third-order valence-electron chi connectivity index (χ3n) is 5.94. The quantitative estimate of drug-likeness (QED) is 0.452. The highest BCUT2D eigenvalue weighted by atomic mass is 16.5. The van der Waals surface area contributed by atoms with Crippen LogP contribution in [0.5, 0.6) is 5.75 Å². The van der Waals surface area contributed by atoms with Gasteiger partial charge in [-0.1, -0.05) is 35.5 Å². The lowest BCUT2D eigenvalue weighted by Crippen LogP contribution is -2.49. The van der Waals surface area contributed by atoms with E-state index >= 15 is 0 Å². The summed E-state index contributed by atoms with van der Waals surface area (Å²) in [6.45, 7) is 2.69. The summed E-state index contributed by atoms with van der Waals surface area (Å²) in [5.41, 5.74) is 3.37. The van der Waals surface area contributed by atoms with Gasteiger partial charge in [0.2, 0.25) is 5.91 Å². The number of para-hydroxylation sites is 1. The minimum atomic E-state index is 0.174. The molecule has 0 saturated carbocycles. The molecule has 0 spiro atoms. The Balaban J connectivity index is 1.23. The fourth-order valence-corrected chi connectivity index (χ4v) is 4.08. The molecule has 1 saturated heterocycles. The first-order chi connectivity index (χ1) is 16.2. The van der Waals surface area contributed by atoms with Crippen molar-refractivity contribution in [2.75, 3.05) is 38.2 Å². The lowest BCUT2D eigenvalue weighted by Gasteiger charge is -2.35. The number of rotatable bonds is 6. The third kappa shape index (κ3) is 4.34. The average Bonchev–Trinajstić information content (AvgIpc) is 3.32. The van der Waals surface area contributed by atoms with E-state index in [-0.39, 0.29) is 5.91 Å². The van der Waals surface area contributed by atoms with Crippen LogP contribution in [0.2, 0.25) is 0 Å². The second kappa shape index (κ2) is 9.23. The van der Waals surface area contributed by atoms with E-state index in [4.69, 9.17) is 4.74 Å². The minimum Gasteiger partial charge on any atom is -0.497 e. The van der Waals surface area contributed by atoms with Crippen molar-refractivity contribution in [2.24, 2.45) is 0 Å². The van der Waals surface area contributed by atoms with Crippen LogP contribution in [-0.2, 0) is 11.2 Å². The van der Waals surface area contributed by atoms with Crippen molar-refractivity contribution >= 4 is 22.9 Å². The number of anilines is 1. The van der Waals surface area contributed by atoms with Gasteiger partial charge in [-0.3, -0.25) is 4.79 Å². The molecule has 33 heavy (non-hydrogen) atoms. The summed E-state index contributed by atoms with van der Waals surface area (Å²) in [6.07, 6.45) is 2.76. The lowest BCUT2D eigenvalue weighted by atomic mass is 10.1. The first-order valence-corrected chi connectivity index (χ1v) is 11.0. The van der Waals surface area contributed by atoms with Crippen LogP contribution in [0.4, 0.5) is 5.82 Å². The number of aromatic nitrogens is 5. The van der Waals surface area contributed by atoms with Crippen LogP contribution in [-0.4, -0.2) is 69.1 Å². The molecule has 168 valence electrons. The van der Waals surface area contributed by atoms with Gasteiger partial charge in [-0.2, -0.15) is 4.68 Å². The van der Waals surface area contributed by atoms with Gasteiger partial charge in [0.15, 0.2) is 17.0 Å². The number of piperazine rings is 1. The van der Waals surface area contributed by atoms with E-state index in [2.05, 4.69) is 25.2 Å². The molecule has 9 heteroatoms. The molecule has 9 nitrogen and oxygen atoms in total. The summed E-state index contributed by atoms with van der Waals surface area (Å²) in [4.78, 5) is 25.7. The fraction of sp³-hybridized carbons (Fsp3) is 0.292. The molecule has 4 aromatic rings. The van der Waals surface area contributed by atoms with Gasteiger partial charge in [-0.05, 0) is 36.2 Å². The Morgan fingerprint density at radius 3 is 2.45 bits per heavy atom. The number of carbonyl (C=O) groups is 1. The second-order valence-corrected chi connectivity index (χ2v) is 7.92. The average molecular weight is 444 g/mol. The first kappa shape index (κ1) is 20.9. The zero-order valence-electron chi connectivity index (χ0n) is 18.5. The Morgan fingerprint density at radius 1 is 0.970 bits per heavy atom. The molecule has 1 fully saturated rings. The van der Waals surface area contributed by atoms with Crippen LogP contribution in [0.1, 0.15) is 12.0 Å². The molecule has 0 radical (unpaired) electrons. The highest BCUT2D eigenvalue weighted by molar-refractivity contribution is 5.84. The number of ether oxygens (including phenoxy) is 1. The highest BCUT2D eigenvalue weighted by Gasteiger charge is 2.24. The molecule has 2 aromatic carbocycles. The summed E-state index contributed by atoms with van der Waals surface area (Å²) in [5.74, 6) is 1.75. The van der Waals surface area contributed by atoms with Gasteiger partial charge >= 0.3 is 0 Å². The number of carbonyl (C=O) groups excluding carboxylic acids is 1. The molecule has 0 bridgehead atoms. The Morgan fingerprint density at radius 2 is 1.73 bits per heavy atom. The van der Waals surface area contributed by atoms with E-state index in [1.807, 2.05) is 59.5 Å². The van der Waals surface area contributed by atoms with Crippen molar-refractivity contribution in [1.29, 1.82) is 0 Å². The molecule has 0 atom stereocenters. The molecule has 3 heterocycles. The lowest BCUT2D eigenvalue weighted by molar-refractivity contribution is -0.131. The zero-order valence-corrected chi connectivity index (χ0v) is 18.5. The van der Waals surface area contributed by atoms with E-state index in [1.165, 1.54) is 0 Å². The van der Waals surface area contributed by atoms with E-state index in [1.54, 1.807) is 18.1 Å². The molecular formula is C24H25N7O2. The van der Waals surface area contributed by atoms with E-state index in [0.717, 1.165) is 29.2 Å². The number of fused-ring (bicyclic) bond motifs is 1. The maximum absolute atomic E-state index is 12.7. The van der Waals surface area contributed by atoms with Gasteiger partial charge in [-0.15, -0.1) is 5.10 Å². The minimum absolute atomic E-state index is 0.174. The number of benzene rings is 2. The monoisotopic (exact) mass is 443 g/mol. The Labute approximate surface area is 191 Å². The molecular weight excluding hydrogens is 418 g/mol. The molecule has 1 aliphatic heterocycles. The maximum atomic E-state index is 12.7. The van der Waals surface area contributed by atoms with Gasteiger partial charge in [0.1, 0.15) is 12.1 Å². The number of hydrogen-bond donors (Lipinski definition) is 0. The first-order valence-electron chi connectivity index (χ1n) is 11.0. The van der Waals surface area contributed by atoms with Crippen LogP contribution in [0.3, 0.4) is 0 Å². The Kier molecular flexibility index (Phi) is 5.84. The van der Waals surface area contributed by atoms with Crippen molar-refractivity contribution in [3.63, 3.8) is 0 Å². The van der Waals surface area contributed by atoms with Crippen molar-refractivity contribution in [3.05, 3.63) is 66.5 Å². The molecule has 0 N–H and O–H groups in total. The molecule has 1 amide bonds. The third-order valence-corrected chi connectivity index (χ3v) is 5.94. The summed E-state index contributed by atoms with van der Waals surface area (Å²) in [7, 11) is 1.65. The molecule has 2 aromatic heterocycles. The zero-order chi connectivity index (χ0) is 22.6. The van der Waals surface area contributed by atoms with Gasteiger partial charge in [0, 0.05) is 32.6 Å². The topological polar surface area (TPSA) is 89.3 Å². The SMILES string of the molecule is COc1ccc(CCC(=O)N2CCN(c3ncnc4c3nnn4-c3ccccc3)CC2)cc1. The van der Waals surface area contributed by atoms with Gasteiger partial charge < -0.3 is 14.5 Å². The van der Waals surface area contributed by atoms with Crippen LogP contribution in [0.25, 0.3) is 16.9 Å². The molecule has 0 unspecified atom stereocenters.